The van der Waals surface area contributed by atoms with Crippen LogP contribution in [0.15, 0.2) is 12.3 Å². The summed E-state index contributed by atoms with van der Waals surface area (Å²) >= 11 is 4.04. The topological polar surface area (TPSA) is 58.6 Å². The van der Waals surface area contributed by atoms with Gasteiger partial charge in [-0.1, -0.05) is 0 Å². The Bertz CT molecular complexity index is 161. The van der Waals surface area contributed by atoms with E-state index in [2.05, 4.69) is 17.9 Å². The molecule has 0 aromatic carbocycles. The molecule has 0 atom stereocenters. The first kappa shape index (κ1) is 12.3. The van der Waals surface area contributed by atoms with Gasteiger partial charge in [-0.25, -0.2) is 0 Å². The third kappa shape index (κ3) is 9.23. The normalized spacial score (nSPS) is 10.5. The molecule has 5 heteroatoms. The van der Waals surface area contributed by atoms with Gasteiger partial charge >= 0.3 is 0 Å². The first-order valence-electron chi connectivity index (χ1n) is 4.08. The number of hydrogen-bond donors (Lipinski definition) is 3. The van der Waals surface area contributed by atoms with Gasteiger partial charge in [-0.15, -0.1) is 0 Å². The molecule has 0 aliphatic heterocycles. The zero-order chi connectivity index (χ0) is 9.94. The number of rotatable bonds is 7. The van der Waals surface area contributed by atoms with Gasteiger partial charge in [0.2, 0.25) is 5.91 Å². The van der Waals surface area contributed by atoms with Gasteiger partial charge in [0.15, 0.2) is 0 Å². The van der Waals surface area contributed by atoms with Crippen LogP contribution in [0.5, 0.6) is 0 Å². The van der Waals surface area contributed by atoms with Crippen molar-refractivity contribution in [3.63, 3.8) is 0 Å². The van der Waals surface area contributed by atoms with E-state index in [1.54, 1.807) is 0 Å². The summed E-state index contributed by atoms with van der Waals surface area (Å²) in [6.07, 6.45) is 3.66. The fourth-order valence-electron chi connectivity index (χ4n) is 0.637. The zero-order valence-electron chi connectivity index (χ0n) is 7.40. The van der Waals surface area contributed by atoms with Gasteiger partial charge in [0.25, 0.3) is 0 Å². The minimum Gasteiger partial charge on any atom is -0.515 e. The van der Waals surface area contributed by atoms with E-state index in [1.165, 1.54) is 0 Å². The Morgan fingerprint density at radius 1 is 1.54 bits per heavy atom. The van der Waals surface area contributed by atoms with Crippen molar-refractivity contribution < 1.29 is 14.6 Å². The Kier molecular flexibility index (Phi) is 8.92. The Labute approximate surface area is 83.4 Å². The summed E-state index contributed by atoms with van der Waals surface area (Å²) in [4.78, 5) is 10.7. The second-order valence-electron chi connectivity index (χ2n) is 2.34. The number of aliphatic hydroxyl groups excluding tert-OH is 1. The van der Waals surface area contributed by atoms with Crippen molar-refractivity contribution in [3.05, 3.63) is 12.3 Å². The molecule has 0 heterocycles. The summed E-state index contributed by atoms with van der Waals surface area (Å²) in [5, 5.41) is 10.7. The third-order valence-corrected chi connectivity index (χ3v) is 1.59. The number of thiol groups is 1. The van der Waals surface area contributed by atoms with Crippen molar-refractivity contribution in [1.82, 2.24) is 5.32 Å². The molecule has 0 bridgehead atoms. The summed E-state index contributed by atoms with van der Waals surface area (Å²) in [6, 6.07) is 0. The van der Waals surface area contributed by atoms with Crippen LogP contribution in [0.4, 0.5) is 0 Å². The Balaban J connectivity index is 3.11. The molecule has 0 radical (unpaired) electrons. The van der Waals surface area contributed by atoms with E-state index >= 15 is 0 Å². The van der Waals surface area contributed by atoms with Crippen LogP contribution in [0, 0.1) is 0 Å². The molecule has 76 valence electrons. The monoisotopic (exact) mass is 205 g/mol. The summed E-state index contributed by atoms with van der Waals surface area (Å²) in [6.45, 7) is 0.791. The molecule has 4 nitrogen and oxygen atoms in total. The minimum atomic E-state index is -0.364. The SMILES string of the molecule is O=C(C=CO)NCOCCCCS. The van der Waals surface area contributed by atoms with E-state index in [0.29, 0.717) is 12.9 Å². The molecule has 2 N–H and O–H groups in total. The molecule has 13 heavy (non-hydrogen) atoms. The highest BCUT2D eigenvalue weighted by Gasteiger charge is 1.93. The fourth-order valence-corrected chi connectivity index (χ4v) is 0.860. The van der Waals surface area contributed by atoms with Crippen LogP contribution < -0.4 is 5.32 Å². The lowest BCUT2D eigenvalue weighted by Crippen LogP contribution is -2.24. The molecule has 0 aliphatic rings. The smallest absolute Gasteiger partial charge is 0.248 e. The maximum Gasteiger partial charge on any atom is 0.248 e. The molecule has 1 amide bonds. The van der Waals surface area contributed by atoms with Gasteiger partial charge in [-0.05, 0) is 18.6 Å². The van der Waals surface area contributed by atoms with Crippen molar-refractivity contribution in [1.29, 1.82) is 0 Å². The van der Waals surface area contributed by atoms with Gasteiger partial charge in [-0.3, -0.25) is 4.79 Å². The van der Waals surface area contributed by atoms with Gasteiger partial charge < -0.3 is 15.2 Å². The second-order valence-corrected chi connectivity index (χ2v) is 2.79. The van der Waals surface area contributed by atoms with E-state index in [-0.39, 0.29) is 12.6 Å². The zero-order valence-corrected chi connectivity index (χ0v) is 8.30. The average Bonchev–Trinajstić information content (AvgIpc) is 2.11. The number of hydrogen-bond acceptors (Lipinski definition) is 4. The Morgan fingerprint density at radius 3 is 2.92 bits per heavy atom. The van der Waals surface area contributed by atoms with Crippen LogP contribution in [0.2, 0.25) is 0 Å². The maximum atomic E-state index is 10.7. The number of amides is 1. The second kappa shape index (κ2) is 9.41. The number of carbonyl (C=O) groups excluding carboxylic acids is 1. The largest absolute Gasteiger partial charge is 0.515 e. The number of nitrogens with one attached hydrogen (secondary N) is 1. The molecule has 0 aliphatic carbocycles. The first-order valence-corrected chi connectivity index (χ1v) is 4.71. The maximum absolute atomic E-state index is 10.7. The van der Waals surface area contributed by atoms with Crippen molar-refractivity contribution in [2.24, 2.45) is 0 Å². The van der Waals surface area contributed by atoms with Crippen LogP contribution in [0.1, 0.15) is 12.8 Å². The first-order chi connectivity index (χ1) is 6.31. The van der Waals surface area contributed by atoms with Crippen LogP contribution in [0.3, 0.4) is 0 Å². The molecule has 0 spiro atoms. The van der Waals surface area contributed by atoms with E-state index < -0.39 is 0 Å². The van der Waals surface area contributed by atoms with Crippen LogP contribution >= 0.6 is 12.6 Å². The highest BCUT2D eigenvalue weighted by molar-refractivity contribution is 7.80. The molecule has 0 unspecified atom stereocenters. The van der Waals surface area contributed by atoms with Crippen LogP contribution in [0.25, 0.3) is 0 Å². The molecule has 0 saturated heterocycles. The Morgan fingerprint density at radius 2 is 2.31 bits per heavy atom. The molecular weight excluding hydrogens is 190 g/mol. The van der Waals surface area contributed by atoms with Gasteiger partial charge in [0, 0.05) is 12.7 Å². The summed E-state index contributed by atoms with van der Waals surface area (Å²) in [7, 11) is 0. The lowest BCUT2D eigenvalue weighted by atomic mass is 10.4. The van der Waals surface area contributed by atoms with E-state index in [9.17, 15) is 4.79 Å². The molecule has 0 aromatic heterocycles. The standard InChI is InChI=1S/C8H15NO3S/c10-4-3-8(11)9-7-12-5-1-2-6-13/h3-4,10,13H,1-2,5-7H2,(H,9,11). The van der Waals surface area contributed by atoms with Crippen molar-refractivity contribution in [3.8, 4) is 0 Å². The molecule has 0 rings (SSSR count). The summed E-state index contributed by atoms with van der Waals surface area (Å²) in [5.41, 5.74) is 0. The molecule has 0 fully saturated rings. The third-order valence-electron chi connectivity index (χ3n) is 1.27. The molecule has 0 saturated carbocycles. The summed E-state index contributed by atoms with van der Waals surface area (Å²) in [5.74, 6) is 0.486. The summed E-state index contributed by atoms with van der Waals surface area (Å²) < 4.78 is 5.07. The number of aliphatic hydroxyl groups is 1. The van der Waals surface area contributed by atoms with Crippen LogP contribution in [-0.4, -0.2) is 30.1 Å². The van der Waals surface area contributed by atoms with Gasteiger partial charge in [-0.2, -0.15) is 12.6 Å². The van der Waals surface area contributed by atoms with Crippen LogP contribution in [-0.2, 0) is 9.53 Å². The number of ether oxygens (including phenoxy) is 1. The van der Waals surface area contributed by atoms with E-state index in [1.807, 2.05) is 0 Å². The fraction of sp³-hybridized carbons (Fsp3) is 0.625. The Hall–Kier alpha value is -0.680. The predicted molar refractivity (Wildman–Crippen MR) is 53.8 cm³/mol. The average molecular weight is 205 g/mol. The van der Waals surface area contributed by atoms with E-state index in [4.69, 9.17) is 9.84 Å². The predicted octanol–water partition coefficient (Wildman–Crippen LogP) is 0.858. The van der Waals surface area contributed by atoms with Crippen molar-refractivity contribution in [2.75, 3.05) is 19.1 Å². The molecule has 0 aromatic rings. The number of unbranched alkanes of at least 4 members (excludes halogenated alkanes) is 1. The lowest BCUT2D eigenvalue weighted by molar-refractivity contribution is -0.118. The minimum absolute atomic E-state index is 0.176. The van der Waals surface area contributed by atoms with Gasteiger partial charge in [0.05, 0.1) is 6.26 Å². The van der Waals surface area contributed by atoms with Gasteiger partial charge in [0.1, 0.15) is 6.73 Å². The number of carbonyl (C=O) groups is 1. The highest BCUT2D eigenvalue weighted by atomic mass is 32.1. The van der Waals surface area contributed by atoms with E-state index in [0.717, 1.165) is 24.7 Å². The van der Waals surface area contributed by atoms with Crippen molar-refractivity contribution >= 4 is 18.5 Å². The lowest BCUT2D eigenvalue weighted by Gasteiger charge is -2.03. The highest BCUT2D eigenvalue weighted by Crippen LogP contribution is 1.90. The van der Waals surface area contributed by atoms with Crippen molar-refractivity contribution in [2.45, 2.75) is 12.8 Å². The molecular formula is C8H15NO3S. The quantitative estimate of drug-likeness (QED) is 0.190.